The monoisotopic (exact) mass is 264 g/mol. The van der Waals surface area contributed by atoms with Crippen LogP contribution in [0.5, 0.6) is 5.75 Å². The van der Waals surface area contributed by atoms with Crippen LogP contribution < -0.4 is 15.4 Å². The number of carbonyl (C=O) groups excluding carboxylic acids is 2. The van der Waals surface area contributed by atoms with Crippen LogP contribution in [0.15, 0.2) is 18.2 Å². The molecule has 100 valence electrons. The largest absolute Gasteiger partial charge is 0.482 e. The third-order valence-electron chi connectivity index (χ3n) is 2.59. The number of fused-ring (bicyclic) bond motifs is 1. The number of amides is 2. The minimum Gasteiger partial charge on any atom is -0.482 e. The molecule has 0 aromatic heterocycles. The second kappa shape index (κ2) is 4.97. The molecule has 0 saturated heterocycles. The molecule has 1 atom stereocenters. The van der Waals surface area contributed by atoms with E-state index in [0.29, 0.717) is 11.4 Å². The van der Waals surface area contributed by atoms with Crippen molar-refractivity contribution >= 4 is 23.5 Å². The van der Waals surface area contributed by atoms with Crippen LogP contribution in [0.1, 0.15) is 17.3 Å². The van der Waals surface area contributed by atoms with Crippen LogP contribution in [0.3, 0.4) is 0 Å². The van der Waals surface area contributed by atoms with Gasteiger partial charge in [-0.1, -0.05) is 0 Å². The lowest BCUT2D eigenvalue weighted by Crippen LogP contribution is -2.38. The minimum absolute atomic E-state index is 0.108. The van der Waals surface area contributed by atoms with Gasteiger partial charge in [0.2, 0.25) is 0 Å². The van der Waals surface area contributed by atoms with E-state index in [4.69, 9.17) is 9.84 Å². The highest BCUT2D eigenvalue weighted by atomic mass is 16.5. The Morgan fingerprint density at radius 3 is 2.89 bits per heavy atom. The Morgan fingerprint density at radius 2 is 2.21 bits per heavy atom. The summed E-state index contributed by atoms with van der Waals surface area (Å²) in [5.74, 6) is -1.51. The third kappa shape index (κ3) is 2.82. The van der Waals surface area contributed by atoms with Gasteiger partial charge < -0.3 is 20.5 Å². The standard InChI is InChI=1S/C12H12N2O5/c1-6(12(17)18)13-11(16)7-2-3-8-9(4-7)19-5-10(15)14-8/h2-4,6H,5H2,1H3,(H,13,16)(H,14,15)(H,17,18)/t6-/m1/s1. The van der Waals surface area contributed by atoms with E-state index in [1.54, 1.807) is 0 Å². The van der Waals surface area contributed by atoms with Crippen molar-refractivity contribution in [1.82, 2.24) is 5.32 Å². The Bertz CT molecular complexity index is 555. The molecule has 0 unspecified atom stereocenters. The van der Waals surface area contributed by atoms with E-state index in [9.17, 15) is 14.4 Å². The van der Waals surface area contributed by atoms with Gasteiger partial charge in [-0.25, -0.2) is 0 Å². The molecule has 0 saturated carbocycles. The summed E-state index contributed by atoms with van der Waals surface area (Å²) in [4.78, 5) is 33.5. The molecule has 3 N–H and O–H groups in total. The van der Waals surface area contributed by atoms with Gasteiger partial charge >= 0.3 is 5.97 Å². The molecule has 1 aromatic rings. The highest BCUT2D eigenvalue weighted by Gasteiger charge is 2.19. The van der Waals surface area contributed by atoms with Crippen molar-refractivity contribution in [3.8, 4) is 5.75 Å². The number of aliphatic carboxylic acids is 1. The van der Waals surface area contributed by atoms with E-state index < -0.39 is 17.9 Å². The number of hydrogen-bond acceptors (Lipinski definition) is 4. The predicted molar refractivity (Wildman–Crippen MR) is 65.1 cm³/mol. The molecule has 1 aliphatic rings. The fourth-order valence-corrected chi connectivity index (χ4v) is 1.56. The third-order valence-corrected chi connectivity index (χ3v) is 2.59. The molecule has 0 fully saturated rings. The molecule has 7 heteroatoms. The number of rotatable bonds is 3. The second-order valence-corrected chi connectivity index (χ2v) is 4.08. The lowest BCUT2D eigenvalue weighted by Gasteiger charge is -2.18. The molecule has 1 aromatic carbocycles. The van der Waals surface area contributed by atoms with Gasteiger partial charge in [0.1, 0.15) is 11.8 Å². The average Bonchev–Trinajstić information content (AvgIpc) is 2.37. The topological polar surface area (TPSA) is 105 Å². The molecule has 0 radical (unpaired) electrons. The van der Waals surface area contributed by atoms with Crippen molar-refractivity contribution in [2.45, 2.75) is 13.0 Å². The van der Waals surface area contributed by atoms with E-state index in [0.717, 1.165) is 0 Å². The molecular weight excluding hydrogens is 252 g/mol. The van der Waals surface area contributed by atoms with E-state index in [2.05, 4.69) is 10.6 Å². The van der Waals surface area contributed by atoms with Crippen LogP contribution in [0.25, 0.3) is 0 Å². The number of benzene rings is 1. The van der Waals surface area contributed by atoms with Crippen molar-refractivity contribution < 1.29 is 24.2 Å². The van der Waals surface area contributed by atoms with Crippen molar-refractivity contribution in [3.63, 3.8) is 0 Å². The average molecular weight is 264 g/mol. The number of hydrogen-bond donors (Lipinski definition) is 3. The van der Waals surface area contributed by atoms with E-state index >= 15 is 0 Å². The van der Waals surface area contributed by atoms with Crippen molar-refractivity contribution in [1.29, 1.82) is 0 Å². The SMILES string of the molecule is C[C@@H](NC(=O)c1ccc2c(c1)OCC(=O)N2)C(=O)O. The van der Waals surface area contributed by atoms with Crippen LogP contribution in [0, 0.1) is 0 Å². The summed E-state index contributed by atoms with van der Waals surface area (Å²) in [6.45, 7) is 1.26. The molecule has 0 aliphatic carbocycles. The molecule has 2 amide bonds. The Kier molecular flexibility index (Phi) is 3.37. The summed E-state index contributed by atoms with van der Waals surface area (Å²) in [6, 6.07) is 3.49. The summed E-state index contributed by atoms with van der Waals surface area (Å²) in [6.07, 6.45) is 0. The van der Waals surface area contributed by atoms with Gasteiger partial charge in [-0.3, -0.25) is 14.4 Å². The van der Waals surface area contributed by atoms with Gasteiger partial charge in [0.25, 0.3) is 11.8 Å². The number of carbonyl (C=O) groups is 3. The number of nitrogens with one attached hydrogen (secondary N) is 2. The lowest BCUT2D eigenvalue weighted by molar-refractivity contribution is -0.138. The molecule has 0 spiro atoms. The Morgan fingerprint density at radius 1 is 1.47 bits per heavy atom. The zero-order valence-electron chi connectivity index (χ0n) is 10.1. The lowest BCUT2D eigenvalue weighted by atomic mass is 10.1. The maximum absolute atomic E-state index is 11.8. The number of carboxylic acid groups (broad SMARTS) is 1. The van der Waals surface area contributed by atoms with E-state index in [1.807, 2.05) is 0 Å². The summed E-state index contributed by atoms with van der Waals surface area (Å²) in [7, 11) is 0. The van der Waals surface area contributed by atoms with E-state index in [-0.39, 0.29) is 18.1 Å². The molecular formula is C12H12N2O5. The van der Waals surface area contributed by atoms with Crippen LogP contribution in [0.4, 0.5) is 5.69 Å². The van der Waals surface area contributed by atoms with Crippen molar-refractivity contribution in [2.75, 3.05) is 11.9 Å². The molecule has 1 heterocycles. The molecule has 2 rings (SSSR count). The molecule has 19 heavy (non-hydrogen) atoms. The van der Waals surface area contributed by atoms with Crippen LogP contribution in [0.2, 0.25) is 0 Å². The molecule has 0 bridgehead atoms. The minimum atomic E-state index is -1.12. The number of carboxylic acids is 1. The van der Waals surface area contributed by atoms with Gasteiger partial charge in [0.05, 0.1) is 5.69 Å². The number of anilines is 1. The van der Waals surface area contributed by atoms with Gasteiger partial charge in [-0.15, -0.1) is 0 Å². The quantitative estimate of drug-likeness (QED) is 0.724. The number of ether oxygens (including phenoxy) is 1. The highest BCUT2D eigenvalue weighted by molar-refractivity contribution is 6.00. The molecule has 1 aliphatic heterocycles. The summed E-state index contributed by atoms with van der Waals surface area (Å²) >= 11 is 0. The van der Waals surface area contributed by atoms with Crippen LogP contribution >= 0.6 is 0 Å². The maximum atomic E-state index is 11.8. The van der Waals surface area contributed by atoms with Gasteiger partial charge in [-0.05, 0) is 25.1 Å². The first-order valence-corrected chi connectivity index (χ1v) is 5.58. The van der Waals surface area contributed by atoms with Crippen molar-refractivity contribution in [3.05, 3.63) is 23.8 Å². The summed E-state index contributed by atoms with van der Waals surface area (Å²) in [5, 5.41) is 13.6. The first-order valence-electron chi connectivity index (χ1n) is 5.58. The Hall–Kier alpha value is -2.57. The van der Waals surface area contributed by atoms with Crippen LogP contribution in [-0.4, -0.2) is 35.5 Å². The fourth-order valence-electron chi connectivity index (χ4n) is 1.56. The van der Waals surface area contributed by atoms with E-state index in [1.165, 1.54) is 25.1 Å². The zero-order valence-corrected chi connectivity index (χ0v) is 10.1. The zero-order chi connectivity index (χ0) is 14.0. The fraction of sp³-hybridized carbons (Fsp3) is 0.250. The maximum Gasteiger partial charge on any atom is 0.325 e. The second-order valence-electron chi connectivity index (χ2n) is 4.08. The first kappa shape index (κ1) is 12.9. The first-order chi connectivity index (χ1) is 8.97. The summed E-state index contributed by atoms with van der Waals surface area (Å²) in [5.41, 5.74) is 0.752. The smallest absolute Gasteiger partial charge is 0.325 e. The Labute approximate surface area is 108 Å². The van der Waals surface area contributed by atoms with Crippen molar-refractivity contribution in [2.24, 2.45) is 0 Å². The predicted octanol–water partition coefficient (Wildman–Crippen LogP) is 0.220. The summed E-state index contributed by atoms with van der Waals surface area (Å²) < 4.78 is 5.17. The highest BCUT2D eigenvalue weighted by Crippen LogP contribution is 2.28. The van der Waals surface area contributed by atoms with Crippen LogP contribution in [-0.2, 0) is 9.59 Å². The molecule has 7 nitrogen and oxygen atoms in total. The van der Waals surface area contributed by atoms with Gasteiger partial charge in [-0.2, -0.15) is 0 Å². The van der Waals surface area contributed by atoms with Gasteiger partial charge in [0, 0.05) is 5.56 Å². The Balaban J connectivity index is 2.16. The van der Waals surface area contributed by atoms with Gasteiger partial charge in [0.15, 0.2) is 6.61 Å². The normalized spacial score (nSPS) is 14.7.